The van der Waals surface area contributed by atoms with Crippen LogP contribution in [0.5, 0.6) is 11.5 Å². The lowest BCUT2D eigenvalue weighted by atomic mass is 9.53. The van der Waals surface area contributed by atoms with Crippen molar-refractivity contribution in [2.24, 2.45) is 17.3 Å². The maximum absolute atomic E-state index is 11.8. The van der Waals surface area contributed by atoms with E-state index >= 15 is 0 Å². The van der Waals surface area contributed by atoms with Gasteiger partial charge in [-0.3, -0.25) is 0 Å². The highest BCUT2D eigenvalue weighted by atomic mass is 32.2. The van der Waals surface area contributed by atoms with Crippen LogP contribution in [-0.4, -0.2) is 26.7 Å². The number of hydrogen-bond donors (Lipinski definition) is 3. The van der Waals surface area contributed by atoms with E-state index in [-0.39, 0.29) is 11.2 Å². The Kier molecular flexibility index (Phi) is 4.86. The van der Waals surface area contributed by atoms with Crippen LogP contribution in [0.2, 0.25) is 0 Å². The molecule has 2 aromatic carbocycles. The third kappa shape index (κ3) is 2.98. The summed E-state index contributed by atoms with van der Waals surface area (Å²) in [6.07, 6.45) is 6.21. The number of hydrogen-bond acceptors (Lipinski definition) is 4. The van der Waals surface area contributed by atoms with E-state index in [1.807, 2.05) is 18.2 Å². The van der Waals surface area contributed by atoms with Gasteiger partial charge in [0, 0.05) is 21.6 Å². The Hall–Kier alpha value is -1.65. The molecule has 2 saturated carbocycles. The Morgan fingerprint density at radius 2 is 1.77 bits per heavy atom. The van der Waals surface area contributed by atoms with Gasteiger partial charge in [-0.1, -0.05) is 13.0 Å². The SMILES string of the molecule is Cc1ccc(O)c2c1CC[C@@H]1[C@@H]2CC[C@@]2(C)[C@H]1CC[C@@]2(O)CSc1ccc(O)cc1. The normalized spacial score (nSPS) is 34.8. The summed E-state index contributed by atoms with van der Waals surface area (Å²) in [5.74, 6) is 2.94. The molecule has 0 aliphatic heterocycles. The quantitative estimate of drug-likeness (QED) is 0.546. The van der Waals surface area contributed by atoms with Crippen molar-refractivity contribution in [3.05, 3.63) is 53.1 Å². The third-order valence-corrected chi connectivity index (χ3v) is 9.97. The van der Waals surface area contributed by atoms with Crippen LogP contribution in [0.15, 0.2) is 41.3 Å². The van der Waals surface area contributed by atoms with E-state index in [0.29, 0.717) is 29.3 Å². The fourth-order valence-electron chi connectivity index (χ4n) is 6.96. The van der Waals surface area contributed by atoms with Gasteiger partial charge in [-0.15, -0.1) is 11.8 Å². The summed E-state index contributed by atoms with van der Waals surface area (Å²) < 4.78 is 0. The molecule has 3 nitrogen and oxygen atoms in total. The van der Waals surface area contributed by atoms with Gasteiger partial charge in [0.1, 0.15) is 11.5 Å². The molecule has 3 aliphatic rings. The molecule has 0 saturated heterocycles. The summed E-state index contributed by atoms with van der Waals surface area (Å²) in [5.41, 5.74) is 3.15. The van der Waals surface area contributed by atoms with Gasteiger partial charge >= 0.3 is 0 Å². The van der Waals surface area contributed by atoms with Crippen LogP contribution in [-0.2, 0) is 6.42 Å². The molecule has 0 heterocycles. The minimum Gasteiger partial charge on any atom is -0.508 e. The topological polar surface area (TPSA) is 60.7 Å². The Morgan fingerprint density at radius 1 is 1.00 bits per heavy atom. The predicted octanol–water partition coefficient (Wildman–Crippen LogP) is 5.79. The van der Waals surface area contributed by atoms with Gasteiger partial charge in [-0.25, -0.2) is 0 Å². The highest BCUT2D eigenvalue weighted by Gasteiger charge is 2.61. The number of phenols is 2. The second-order valence-electron chi connectivity index (χ2n) is 10.0. The van der Waals surface area contributed by atoms with Crippen LogP contribution in [0.25, 0.3) is 0 Å². The lowest BCUT2D eigenvalue weighted by Crippen LogP contribution is -2.52. The zero-order valence-electron chi connectivity index (χ0n) is 17.9. The lowest BCUT2D eigenvalue weighted by Gasteiger charge is -2.53. The molecular formula is C26H32O3S. The number of thioether (sulfide) groups is 1. The van der Waals surface area contributed by atoms with E-state index in [2.05, 4.69) is 19.9 Å². The van der Waals surface area contributed by atoms with E-state index < -0.39 is 5.60 Å². The van der Waals surface area contributed by atoms with Crippen molar-refractivity contribution in [3.8, 4) is 11.5 Å². The molecule has 0 aromatic heterocycles. The first-order chi connectivity index (χ1) is 14.3. The Labute approximate surface area is 183 Å². The fourth-order valence-corrected chi connectivity index (χ4v) is 8.17. The van der Waals surface area contributed by atoms with Crippen molar-refractivity contribution < 1.29 is 15.3 Å². The molecule has 4 heteroatoms. The summed E-state index contributed by atoms with van der Waals surface area (Å²) in [6.45, 7) is 4.49. The highest BCUT2D eigenvalue weighted by molar-refractivity contribution is 7.99. The minimum atomic E-state index is -0.667. The molecule has 2 fully saturated rings. The van der Waals surface area contributed by atoms with Crippen molar-refractivity contribution in [2.75, 3.05) is 5.75 Å². The second kappa shape index (κ2) is 7.20. The number of phenolic OH excluding ortho intramolecular Hbond substituents is 2. The van der Waals surface area contributed by atoms with E-state index in [0.717, 1.165) is 37.0 Å². The zero-order chi connectivity index (χ0) is 21.1. The molecule has 0 amide bonds. The Bertz CT molecular complexity index is 955. The van der Waals surface area contributed by atoms with E-state index in [4.69, 9.17) is 0 Å². The van der Waals surface area contributed by atoms with Crippen LogP contribution in [0.1, 0.15) is 61.6 Å². The molecule has 2 aromatic rings. The smallest absolute Gasteiger partial charge is 0.119 e. The average Bonchev–Trinajstić information content (AvgIpc) is 3.01. The van der Waals surface area contributed by atoms with E-state index in [1.165, 1.54) is 23.1 Å². The van der Waals surface area contributed by atoms with Gasteiger partial charge < -0.3 is 15.3 Å². The van der Waals surface area contributed by atoms with Crippen LogP contribution in [0, 0.1) is 24.2 Å². The Morgan fingerprint density at radius 3 is 2.53 bits per heavy atom. The molecule has 3 aliphatic carbocycles. The molecule has 0 radical (unpaired) electrons. The molecule has 30 heavy (non-hydrogen) atoms. The predicted molar refractivity (Wildman–Crippen MR) is 121 cm³/mol. The van der Waals surface area contributed by atoms with Crippen LogP contribution in [0.3, 0.4) is 0 Å². The standard InChI is InChI=1S/C26H32O3S/c1-16-3-10-23(28)24-19(16)8-9-20-21(24)11-13-25(2)22(20)12-14-26(25,29)15-30-18-6-4-17(27)5-7-18/h3-7,10,20-22,27-29H,8-9,11-15H2,1-2H3/t20-,21+,22+,25+,26-/m1/s1. The average molecular weight is 425 g/mol. The van der Waals surface area contributed by atoms with Crippen molar-refractivity contribution in [1.82, 2.24) is 0 Å². The zero-order valence-corrected chi connectivity index (χ0v) is 18.7. The monoisotopic (exact) mass is 424 g/mol. The number of aryl methyl sites for hydroxylation is 1. The van der Waals surface area contributed by atoms with Crippen LogP contribution in [0.4, 0.5) is 0 Å². The van der Waals surface area contributed by atoms with Crippen molar-refractivity contribution >= 4 is 11.8 Å². The summed E-state index contributed by atoms with van der Waals surface area (Å²) in [6, 6.07) is 11.2. The number of aromatic hydroxyl groups is 2. The van der Waals surface area contributed by atoms with Crippen LogP contribution >= 0.6 is 11.8 Å². The first kappa shape index (κ1) is 20.3. The summed E-state index contributed by atoms with van der Waals surface area (Å²) in [7, 11) is 0. The fraction of sp³-hybridized carbons (Fsp3) is 0.538. The molecule has 160 valence electrons. The molecule has 0 spiro atoms. The first-order valence-corrected chi connectivity index (χ1v) is 12.3. The van der Waals surface area contributed by atoms with Gasteiger partial charge in [0.05, 0.1) is 5.60 Å². The van der Waals surface area contributed by atoms with Gasteiger partial charge in [-0.05, 0) is 105 Å². The molecule has 3 N–H and O–H groups in total. The van der Waals surface area contributed by atoms with Crippen molar-refractivity contribution in [3.63, 3.8) is 0 Å². The molecule has 0 unspecified atom stereocenters. The lowest BCUT2D eigenvalue weighted by molar-refractivity contribution is -0.0870. The summed E-state index contributed by atoms with van der Waals surface area (Å²) in [5, 5.41) is 32.0. The first-order valence-electron chi connectivity index (χ1n) is 11.3. The summed E-state index contributed by atoms with van der Waals surface area (Å²) >= 11 is 1.70. The van der Waals surface area contributed by atoms with Gasteiger partial charge in [0.25, 0.3) is 0 Å². The summed E-state index contributed by atoms with van der Waals surface area (Å²) in [4.78, 5) is 1.09. The number of rotatable bonds is 3. The molecule has 0 bridgehead atoms. The third-order valence-electron chi connectivity index (χ3n) is 8.74. The second-order valence-corrected chi connectivity index (χ2v) is 11.1. The van der Waals surface area contributed by atoms with Crippen LogP contribution < -0.4 is 0 Å². The molecular weight excluding hydrogens is 392 g/mol. The Balaban J connectivity index is 1.40. The maximum Gasteiger partial charge on any atom is 0.119 e. The maximum atomic E-state index is 11.8. The largest absolute Gasteiger partial charge is 0.508 e. The van der Waals surface area contributed by atoms with E-state index in [1.54, 1.807) is 23.9 Å². The van der Waals surface area contributed by atoms with Gasteiger partial charge in [0.15, 0.2) is 0 Å². The highest BCUT2D eigenvalue weighted by Crippen LogP contribution is 2.65. The number of aliphatic hydroxyl groups is 1. The van der Waals surface area contributed by atoms with Gasteiger partial charge in [-0.2, -0.15) is 0 Å². The number of benzene rings is 2. The number of fused-ring (bicyclic) bond motifs is 5. The molecule has 5 rings (SSSR count). The van der Waals surface area contributed by atoms with Gasteiger partial charge in [0.2, 0.25) is 0 Å². The van der Waals surface area contributed by atoms with Crippen molar-refractivity contribution in [2.45, 2.75) is 68.8 Å². The van der Waals surface area contributed by atoms with Crippen molar-refractivity contribution in [1.29, 1.82) is 0 Å². The molecule has 5 atom stereocenters. The van der Waals surface area contributed by atoms with E-state index in [9.17, 15) is 15.3 Å². The minimum absolute atomic E-state index is 0.0744.